The van der Waals surface area contributed by atoms with Gasteiger partial charge < -0.3 is 15.4 Å². The number of hydrogen-bond donors (Lipinski definition) is 2. The van der Waals surface area contributed by atoms with E-state index >= 15 is 0 Å². The highest BCUT2D eigenvalue weighted by Crippen LogP contribution is 2.25. The monoisotopic (exact) mass is 308 g/mol. The molecule has 0 aliphatic carbocycles. The lowest BCUT2D eigenvalue weighted by Crippen LogP contribution is -2.35. The smallest absolute Gasteiger partial charge is 0.258 e. The molecule has 5 nitrogen and oxygen atoms in total. The van der Waals surface area contributed by atoms with Crippen LogP contribution in [0.2, 0.25) is 0 Å². The van der Waals surface area contributed by atoms with Gasteiger partial charge in [0.2, 0.25) is 0 Å². The van der Waals surface area contributed by atoms with Gasteiger partial charge in [-0.2, -0.15) is 0 Å². The van der Waals surface area contributed by atoms with Crippen molar-refractivity contribution in [3.63, 3.8) is 0 Å². The summed E-state index contributed by atoms with van der Waals surface area (Å²) in [6.07, 6.45) is 2.19. The van der Waals surface area contributed by atoms with Gasteiger partial charge in [-0.3, -0.25) is 0 Å². The fourth-order valence-corrected chi connectivity index (χ4v) is 2.47. The molecule has 1 aromatic carbocycles. The third kappa shape index (κ3) is 3.74. The maximum absolute atomic E-state index is 5.63. The first-order chi connectivity index (χ1) is 9.86. The lowest BCUT2D eigenvalue weighted by Gasteiger charge is -2.24. The third-order valence-corrected chi connectivity index (χ3v) is 3.50. The van der Waals surface area contributed by atoms with Crippen LogP contribution in [0.1, 0.15) is 19.8 Å². The maximum atomic E-state index is 5.63. The van der Waals surface area contributed by atoms with E-state index < -0.39 is 0 Å². The Balaban J connectivity index is 0.00000161. The molecule has 2 aromatic rings. The van der Waals surface area contributed by atoms with Crippen molar-refractivity contribution in [1.29, 1.82) is 0 Å². The molecule has 1 aliphatic rings. The van der Waals surface area contributed by atoms with Gasteiger partial charge in [-0.05, 0) is 45.0 Å². The Kier molecular flexibility index (Phi) is 5.59. The molecule has 3 rings (SSSR count). The average Bonchev–Trinajstić information content (AvgIpc) is 2.49. The molecule has 21 heavy (non-hydrogen) atoms. The van der Waals surface area contributed by atoms with Crippen molar-refractivity contribution in [3.05, 3.63) is 24.3 Å². The summed E-state index contributed by atoms with van der Waals surface area (Å²) in [5, 5.41) is 6.85. The molecule has 6 heteroatoms. The van der Waals surface area contributed by atoms with Gasteiger partial charge in [-0.1, -0.05) is 12.1 Å². The van der Waals surface area contributed by atoms with Crippen molar-refractivity contribution >= 4 is 29.3 Å². The summed E-state index contributed by atoms with van der Waals surface area (Å²) < 4.78 is 5.63. The summed E-state index contributed by atoms with van der Waals surface area (Å²) in [4.78, 5) is 9.24. The number of para-hydroxylation sites is 2. The quantitative estimate of drug-likeness (QED) is 0.909. The van der Waals surface area contributed by atoms with Gasteiger partial charge in [0.05, 0.1) is 17.6 Å². The first-order valence-corrected chi connectivity index (χ1v) is 7.23. The summed E-state index contributed by atoms with van der Waals surface area (Å²) in [5.74, 6) is 1.36. The van der Waals surface area contributed by atoms with Gasteiger partial charge in [0.25, 0.3) is 5.88 Å². The Bertz CT molecular complexity index is 587. The molecule has 1 aromatic heterocycles. The molecule has 0 spiro atoms. The number of anilines is 1. The standard InChI is InChI=1S/C15H20N4O.ClH/c1-2-20-15-14(17-11-7-9-16-10-8-11)18-12-5-3-4-6-13(12)19-15;/h3-6,11,16H,2,7-10H2,1H3,(H,17,18);1H. The molecule has 1 aliphatic heterocycles. The summed E-state index contributed by atoms with van der Waals surface area (Å²) in [6, 6.07) is 8.31. The van der Waals surface area contributed by atoms with E-state index in [-0.39, 0.29) is 12.4 Å². The van der Waals surface area contributed by atoms with Crippen LogP contribution in [0.4, 0.5) is 5.82 Å². The van der Waals surface area contributed by atoms with Crippen LogP contribution in [0.3, 0.4) is 0 Å². The maximum Gasteiger partial charge on any atom is 0.258 e. The second kappa shape index (κ2) is 7.43. The number of aromatic nitrogens is 2. The van der Waals surface area contributed by atoms with Gasteiger partial charge in [0.1, 0.15) is 0 Å². The Labute approximate surface area is 130 Å². The zero-order chi connectivity index (χ0) is 13.8. The van der Waals surface area contributed by atoms with Gasteiger partial charge in [0, 0.05) is 6.04 Å². The lowest BCUT2D eigenvalue weighted by atomic mass is 10.1. The second-order valence-corrected chi connectivity index (χ2v) is 4.97. The number of piperidine rings is 1. The molecule has 2 N–H and O–H groups in total. The van der Waals surface area contributed by atoms with Gasteiger partial charge in [0.15, 0.2) is 5.82 Å². The van der Waals surface area contributed by atoms with Crippen molar-refractivity contribution in [1.82, 2.24) is 15.3 Å². The zero-order valence-corrected chi connectivity index (χ0v) is 12.9. The summed E-state index contributed by atoms with van der Waals surface area (Å²) in [5.41, 5.74) is 1.76. The lowest BCUT2D eigenvalue weighted by molar-refractivity contribution is 0.327. The first-order valence-electron chi connectivity index (χ1n) is 7.23. The molecule has 1 saturated heterocycles. The number of hydrogen-bond acceptors (Lipinski definition) is 5. The number of ether oxygens (including phenoxy) is 1. The van der Waals surface area contributed by atoms with Crippen LogP contribution < -0.4 is 15.4 Å². The molecule has 0 radical (unpaired) electrons. The van der Waals surface area contributed by atoms with E-state index in [1.165, 1.54) is 0 Å². The number of fused-ring (bicyclic) bond motifs is 1. The van der Waals surface area contributed by atoms with E-state index in [0.717, 1.165) is 42.8 Å². The Morgan fingerprint density at radius 2 is 1.86 bits per heavy atom. The van der Waals surface area contributed by atoms with Crippen LogP contribution >= 0.6 is 12.4 Å². The van der Waals surface area contributed by atoms with E-state index in [1.54, 1.807) is 0 Å². The number of nitrogens with one attached hydrogen (secondary N) is 2. The number of rotatable bonds is 4. The van der Waals surface area contributed by atoms with E-state index in [0.29, 0.717) is 18.5 Å². The normalized spacial score (nSPS) is 15.5. The van der Waals surface area contributed by atoms with E-state index in [1.807, 2.05) is 31.2 Å². The van der Waals surface area contributed by atoms with Crippen molar-refractivity contribution in [2.24, 2.45) is 0 Å². The molecule has 114 valence electrons. The highest BCUT2D eigenvalue weighted by atomic mass is 35.5. The zero-order valence-electron chi connectivity index (χ0n) is 12.1. The summed E-state index contributed by atoms with van der Waals surface area (Å²) >= 11 is 0. The average molecular weight is 309 g/mol. The van der Waals surface area contributed by atoms with Crippen LogP contribution in [0, 0.1) is 0 Å². The number of nitrogens with zero attached hydrogens (tertiary/aromatic N) is 2. The molecular formula is C15H21ClN4O. The van der Waals surface area contributed by atoms with Crippen LogP contribution in [0.5, 0.6) is 5.88 Å². The highest BCUT2D eigenvalue weighted by molar-refractivity contribution is 5.85. The van der Waals surface area contributed by atoms with E-state index in [4.69, 9.17) is 4.74 Å². The number of benzene rings is 1. The minimum absolute atomic E-state index is 0. The van der Waals surface area contributed by atoms with Crippen LogP contribution in [0.25, 0.3) is 11.0 Å². The van der Waals surface area contributed by atoms with Crippen LogP contribution in [0.15, 0.2) is 24.3 Å². The second-order valence-electron chi connectivity index (χ2n) is 4.97. The summed E-state index contributed by atoms with van der Waals surface area (Å²) in [6.45, 7) is 4.64. The minimum atomic E-state index is 0. The molecular weight excluding hydrogens is 288 g/mol. The molecule has 2 heterocycles. The molecule has 0 saturated carbocycles. The molecule has 0 bridgehead atoms. The van der Waals surface area contributed by atoms with Crippen LogP contribution in [-0.2, 0) is 0 Å². The van der Waals surface area contributed by atoms with Gasteiger partial charge in [-0.15, -0.1) is 12.4 Å². The number of halogens is 1. The van der Waals surface area contributed by atoms with Crippen LogP contribution in [-0.4, -0.2) is 35.7 Å². The first kappa shape index (κ1) is 15.8. The fraction of sp³-hybridized carbons (Fsp3) is 0.467. The van der Waals surface area contributed by atoms with E-state index in [9.17, 15) is 0 Å². The Morgan fingerprint density at radius 3 is 2.52 bits per heavy atom. The molecule has 0 amide bonds. The summed E-state index contributed by atoms with van der Waals surface area (Å²) in [7, 11) is 0. The van der Waals surface area contributed by atoms with Crippen molar-refractivity contribution in [2.75, 3.05) is 25.0 Å². The Hall–Kier alpha value is -1.59. The predicted octanol–water partition coefficient (Wildman–Crippen LogP) is 2.61. The minimum Gasteiger partial charge on any atom is -0.475 e. The predicted molar refractivity (Wildman–Crippen MR) is 87.5 cm³/mol. The Morgan fingerprint density at radius 1 is 1.19 bits per heavy atom. The fourth-order valence-electron chi connectivity index (χ4n) is 2.47. The topological polar surface area (TPSA) is 59.1 Å². The van der Waals surface area contributed by atoms with Crippen molar-refractivity contribution < 1.29 is 4.74 Å². The third-order valence-electron chi connectivity index (χ3n) is 3.50. The van der Waals surface area contributed by atoms with E-state index in [2.05, 4.69) is 20.6 Å². The molecule has 0 unspecified atom stereocenters. The van der Waals surface area contributed by atoms with Gasteiger partial charge >= 0.3 is 0 Å². The van der Waals surface area contributed by atoms with Crippen molar-refractivity contribution in [2.45, 2.75) is 25.8 Å². The highest BCUT2D eigenvalue weighted by Gasteiger charge is 2.17. The molecule has 0 atom stereocenters. The van der Waals surface area contributed by atoms with Gasteiger partial charge in [-0.25, -0.2) is 9.97 Å². The van der Waals surface area contributed by atoms with Crippen molar-refractivity contribution in [3.8, 4) is 5.88 Å². The molecule has 1 fully saturated rings. The largest absolute Gasteiger partial charge is 0.475 e. The SMILES string of the molecule is CCOc1nc2ccccc2nc1NC1CCNCC1.Cl.